The van der Waals surface area contributed by atoms with Crippen LogP contribution in [-0.4, -0.2) is 65.6 Å². The summed E-state index contributed by atoms with van der Waals surface area (Å²) in [6.45, 7) is 14.2. The summed E-state index contributed by atoms with van der Waals surface area (Å²) in [5.74, 6) is 0.536. The second-order valence-electron chi connectivity index (χ2n) is 13.8. The van der Waals surface area contributed by atoms with Gasteiger partial charge in [0.1, 0.15) is 16.9 Å². The van der Waals surface area contributed by atoms with E-state index in [1.807, 2.05) is 6.92 Å². The number of ether oxygens (including phenoxy) is 4. The largest absolute Gasteiger partial charge is 0.514 e. The number of nitrogens with two attached hydrogens (primary N) is 1. The van der Waals surface area contributed by atoms with Gasteiger partial charge in [0.25, 0.3) is 0 Å². The van der Waals surface area contributed by atoms with E-state index < -0.39 is 30.4 Å². The van der Waals surface area contributed by atoms with Gasteiger partial charge in [0.15, 0.2) is 10.1 Å². The van der Waals surface area contributed by atoms with Gasteiger partial charge in [-0.2, -0.15) is 0 Å². The topological polar surface area (TPSA) is 141 Å². The summed E-state index contributed by atoms with van der Waals surface area (Å²) in [5, 5.41) is 8.23. The van der Waals surface area contributed by atoms with Crippen molar-refractivity contribution in [2.45, 2.75) is 107 Å². The first-order valence-corrected chi connectivity index (χ1v) is 17.2. The van der Waals surface area contributed by atoms with Gasteiger partial charge in [-0.1, -0.05) is 56.4 Å². The van der Waals surface area contributed by atoms with Crippen LogP contribution in [0.3, 0.4) is 0 Å². The van der Waals surface area contributed by atoms with Crippen molar-refractivity contribution < 1.29 is 37.8 Å². The molecule has 1 saturated heterocycles. The molecule has 6 rings (SSSR count). The van der Waals surface area contributed by atoms with Gasteiger partial charge in [0, 0.05) is 0 Å². The average molecular weight is 662 g/mol. The Morgan fingerprint density at radius 3 is 2.60 bits per heavy atom. The Balaban J connectivity index is 1.52. The van der Waals surface area contributed by atoms with Crippen molar-refractivity contribution >= 4 is 47.5 Å². The SMILES string of the molecule is CCCCOC(=O)c1c(OC)ccc(C[C@H](Sc2nnc(N)s2)B2OC3CC4CC(C4(C)C)[C@]3(C)O2)c1OC(=O)OC(C)(C)C. The Kier molecular flexibility index (Phi) is 9.71. The van der Waals surface area contributed by atoms with Gasteiger partial charge in [0.2, 0.25) is 5.13 Å². The van der Waals surface area contributed by atoms with Gasteiger partial charge in [-0.05, 0) is 82.3 Å². The van der Waals surface area contributed by atoms with Crippen molar-refractivity contribution in [3.8, 4) is 11.5 Å². The van der Waals surface area contributed by atoms with Crippen molar-refractivity contribution in [1.29, 1.82) is 0 Å². The zero-order valence-electron chi connectivity index (χ0n) is 27.3. The van der Waals surface area contributed by atoms with Crippen LogP contribution in [0.4, 0.5) is 9.93 Å². The summed E-state index contributed by atoms with van der Waals surface area (Å²) in [6.07, 6.45) is 2.88. The normalized spacial score (nSPS) is 25.6. The lowest BCUT2D eigenvalue weighted by atomic mass is 9.43. The minimum Gasteiger partial charge on any atom is -0.496 e. The van der Waals surface area contributed by atoms with E-state index in [4.69, 9.17) is 34.0 Å². The molecule has 3 saturated carbocycles. The third kappa shape index (κ3) is 6.94. The van der Waals surface area contributed by atoms with E-state index in [1.54, 1.807) is 32.9 Å². The number of methoxy groups -OCH3 is 1. The van der Waals surface area contributed by atoms with Gasteiger partial charge < -0.3 is 34.0 Å². The molecule has 0 amide bonds. The first-order valence-electron chi connectivity index (χ1n) is 15.5. The zero-order valence-corrected chi connectivity index (χ0v) is 29.0. The quantitative estimate of drug-likeness (QED) is 0.0940. The fraction of sp³-hybridized carbons (Fsp3) is 0.677. The molecule has 3 aliphatic carbocycles. The van der Waals surface area contributed by atoms with Crippen molar-refractivity contribution in [3.63, 3.8) is 0 Å². The molecule has 5 atom stereocenters. The molecule has 14 heteroatoms. The molecule has 3 unspecified atom stereocenters. The number of esters is 1. The van der Waals surface area contributed by atoms with Crippen LogP contribution in [-0.2, 0) is 25.2 Å². The Morgan fingerprint density at radius 2 is 1.98 bits per heavy atom. The molecule has 1 aliphatic heterocycles. The highest BCUT2D eigenvalue weighted by Gasteiger charge is 2.68. The average Bonchev–Trinajstić information content (AvgIpc) is 3.53. The molecular weight excluding hydrogens is 617 g/mol. The highest BCUT2D eigenvalue weighted by Crippen LogP contribution is 2.66. The van der Waals surface area contributed by atoms with Crippen molar-refractivity contribution in [2.75, 3.05) is 19.5 Å². The second kappa shape index (κ2) is 12.9. The lowest BCUT2D eigenvalue weighted by molar-refractivity contribution is -0.199. The minimum absolute atomic E-state index is 0.0114. The molecular formula is C31H44BN3O8S2. The Labute approximate surface area is 273 Å². The molecule has 2 bridgehead atoms. The van der Waals surface area contributed by atoms with Gasteiger partial charge in [-0.15, -0.1) is 10.2 Å². The van der Waals surface area contributed by atoms with E-state index in [-0.39, 0.29) is 46.8 Å². The molecule has 246 valence electrons. The van der Waals surface area contributed by atoms with Crippen LogP contribution in [0.5, 0.6) is 11.5 Å². The third-order valence-electron chi connectivity index (χ3n) is 9.30. The highest BCUT2D eigenvalue weighted by atomic mass is 32.2. The monoisotopic (exact) mass is 661 g/mol. The van der Waals surface area contributed by atoms with E-state index in [2.05, 4.69) is 31.0 Å². The van der Waals surface area contributed by atoms with E-state index in [0.29, 0.717) is 33.3 Å². The van der Waals surface area contributed by atoms with Gasteiger partial charge in [-0.25, -0.2) is 9.59 Å². The summed E-state index contributed by atoms with van der Waals surface area (Å²) in [6, 6.07) is 3.44. The molecule has 2 heterocycles. The third-order valence-corrected chi connectivity index (χ3v) is 11.4. The summed E-state index contributed by atoms with van der Waals surface area (Å²) >= 11 is 2.71. The van der Waals surface area contributed by atoms with E-state index in [1.165, 1.54) is 30.2 Å². The lowest BCUT2D eigenvalue weighted by Crippen LogP contribution is -2.65. The number of benzene rings is 1. The fourth-order valence-electron chi connectivity index (χ4n) is 6.85. The summed E-state index contributed by atoms with van der Waals surface area (Å²) in [5.41, 5.74) is 5.41. The van der Waals surface area contributed by atoms with Crippen LogP contribution >= 0.6 is 23.1 Å². The van der Waals surface area contributed by atoms with E-state index >= 15 is 0 Å². The number of anilines is 1. The Hall–Kier alpha value is -2.55. The molecule has 4 fully saturated rings. The maximum Gasteiger partial charge on any atom is 0.514 e. The number of rotatable bonds is 11. The van der Waals surface area contributed by atoms with Crippen LogP contribution in [0.25, 0.3) is 0 Å². The minimum atomic E-state index is -0.949. The first kappa shape index (κ1) is 33.8. The maximum atomic E-state index is 13.5. The number of nitrogens with zero attached hydrogens (tertiary/aromatic N) is 2. The standard InChI is InChI=1S/C31H44BN3O8S2/c1-9-10-13-39-25(36)23-19(38-8)12-11-17(24(23)40-28(37)41-29(2,3)4)14-22(44-27-35-34-26(33)45-27)32-42-21-16-18-15-20(30(18,5)6)31(21,7)43-32/h11-12,18,20-22H,9-10,13-16H2,1-8H3,(H2,33,34)/t18?,20?,21?,22-,31-/m0/s1. The lowest BCUT2D eigenvalue weighted by Gasteiger charge is -2.64. The predicted molar refractivity (Wildman–Crippen MR) is 173 cm³/mol. The Bertz CT molecular complexity index is 1420. The molecule has 0 radical (unpaired) electrons. The van der Waals surface area contributed by atoms with Crippen molar-refractivity contribution in [1.82, 2.24) is 10.2 Å². The summed E-state index contributed by atoms with van der Waals surface area (Å²) < 4.78 is 36.6. The molecule has 45 heavy (non-hydrogen) atoms. The number of aromatic nitrogens is 2. The van der Waals surface area contributed by atoms with Crippen LogP contribution in [0, 0.1) is 17.3 Å². The number of unbranched alkanes of at least 4 members (excludes halogenated alkanes) is 1. The molecule has 0 spiro atoms. The molecule has 2 N–H and O–H groups in total. The number of carbonyl (C=O) groups is 2. The molecule has 11 nitrogen and oxygen atoms in total. The van der Waals surface area contributed by atoms with Gasteiger partial charge >= 0.3 is 19.2 Å². The molecule has 4 aliphatic rings. The smallest absolute Gasteiger partial charge is 0.496 e. The second-order valence-corrected chi connectivity index (χ2v) is 16.3. The summed E-state index contributed by atoms with van der Waals surface area (Å²) in [7, 11) is 0.838. The molecule has 1 aromatic carbocycles. The van der Waals surface area contributed by atoms with Gasteiger partial charge in [0.05, 0.1) is 30.6 Å². The maximum absolute atomic E-state index is 13.5. The Morgan fingerprint density at radius 1 is 1.22 bits per heavy atom. The number of thioether (sulfide) groups is 1. The molecule has 1 aromatic heterocycles. The predicted octanol–water partition coefficient (Wildman–Crippen LogP) is 6.37. The molecule has 2 aromatic rings. The number of nitrogen functional groups attached to an aromatic ring is 1. The van der Waals surface area contributed by atoms with Crippen molar-refractivity contribution in [3.05, 3.63) is 23.3 Å². The van der Waals surface area contributed by atoms with Crippen LogP contribution in [0.2, 0.25) is 0 Å². The van der Waals surface area contributed by atoms with Crippen LogP contribution < -0.4 is 15.2 Å². The number of hydrogen-bond acceptors (Lipinski definition) is 13. The fourth-order valence-corrected chi connectivity index (χ4v) is 8.85. The van der Waals surface area contributed by atoms with Crippen LogP contribution in [0.15, 0.2) is 16.5 Å². The van der Waals surface area contributed by atoms with E-state index in [9.17, 15) is 9.59 Å². The van der Waals surface area contributed by atoms with E-state index in [0.717, 1.165) is 19.3 Å². The number of carbonyl (C=O) groups excluding carboxylic acids is 2. The van der Waals surface area contributed by atoms with Crippen LogP contribution in [0.1, 0.15) is 90.1 Å². The highest BCUT2D eigenvalue weighted by molar-refractivity contribution is 8.02. The zero-order chi connectivity index (χ0) is 32.7. The number of hydrogen-bond donors (Lipinski definition) is 1. The first-order chi connectivity index (χ1) is 21.2. The van der Waals surface area contributed by atoms with Crippen molar-refractivity contribution in [2.24, 2.45) is 17.3 Å². The summed E-state index contributed by atoms with van der Waals surface area (Å²) in [4.78, 5) is 26.5. The van der Waals surface area contributed by atoms with Gasteiger partial charge in [-0.3, -0.25) is 0 Å².